The fourth-order valence-corrected chi connectivity index (χ4v) is 1.57. The number of rotatable bonds is 2. The number of carbonyl (C=O) groups is 1. The van der Waals surface area contributed by atoms with Crippen LogP contribution in [0.4, 0.5) is 4.39 Å². The third kappa shape index (κ3) is 1.74. The molecular weight excluding hydrogens is 207 g/mol. The standard InChI is InChI=1S/C12H11FN2O/c1-8-6-7-15(14-8)12-10(9(2)16)4-3-5-11(12)13/h3-7H,1-2H3. The van der Waals surface area contributed by atoms with Crippen molar-refractivity contribution in [2.24, 2.45) is 0 Å². The summed E-state index contributed by atoms with van der Waals surface area (Å²) in [6, 6.07) is 6.19. The zero-order valence-corrected chi connectivity index (χ0v) is 9.07. The normalized spacial score (nSPS) is 10.4. The van der Waals surface area contributed by atoms with Gasteiger partial charge in [-0.2, -0.15) is 5.10 Å². The summed E-state index contributed by atoms with van der Waals surface area (Å²) < 4.78 is 15.1. The molecule has 0 saturated heterocycles. The molecule has 1 heterocycles. The third-order valence-electron chi connectivity index (χ3n) is 2.32. The number of para-hydroxylation sites is 1. The minimum atomic E-state index is -0.448. The fraction of sp³-hybridized carbons (Fsp3) is 0.167. The summed E-state index contributed by atoms with van der Waals surface area (Å²) in [5, 5.41) is 4.11. The largest absolute Gasteiger partial charge is 0.294 e. The van der Waals surface area contributed by atoms with Crippen LogP contribution in [0, 0.1) is 12.7 Å². The van der Waals surface area contributed by atoms with Gasteiger partial charge in [-0.15, -0.1) is 0 Å². The van der Waals surface area contributed by atoms with Crippen LogP contribution in [0.2, 0.25) is 0 Å². The van der Waals surface area contributed by atoms with Gasteiger partial charge in [-0.3, -0.25) is 4.79 Å². The van der Waals surface area contributed by atoms with Crippen molar-refractivity contribution in [1.29, 1.82) is 0 Å². The van der Waals surface area contributed by atoms with Crippen LogP contribution in [0.5, 0.6) is 0 Å². The predicted molar refractivity (Wildman–Crippen MR) is 58.3 cm³/mol. The second kappa shape index (κ2) is 3.89. The van der Waals surface area contributed by atoms with E-state index in [-0.39, 0.29) is 11.5 Å². The number of Topliss-reactive ketones (excluding diaryl/α,β-unsaturated/α-hetero) is 1. The molecule has 0 aliphatic heterocycles. The molecule has 82 valence electrons. The smallest absolute Gasteiger partial charge is 0.162 e. The highest BCUT2D eigenvalue weighted by molar-refractivity contribution is 5.97. The van der Waals surface area contributed by atoms with Crippen LogP contribution in [0.15, 0.2) is 30.5 Å². The van der Waals surface area contributed by atoms with Gasteiger partial charge in [-0.1, -0.05) is 6.07 Å². The van der Waals surface area contributed by atoms with Gasteiger partial charge in [0.2, 0.25) is 0 Å². The van der Waals surface area contributed by atoms with E-state index in [1.807, 2.05) is 6.92 Å². The summed E-state index contributed by atoms with van der Waals surface area (Å²) in [6.45, 7) is 3.22. The summed E-state index contributed by atoms with van der Waals surface area (Å²) in [5.74, 6) is -0.626. The summed E-state index contributed by atoms with van der Waals surface area (Å²) in [6.07, 6.45) is 1.64. The highest BCUT2D eigenvalue weighted by atomic mass is 19.1. The van der Waals surface area contributed by atoms with Crippen LogP contribution in [0.3, 0.4) is 0 Å². The number of benzene rings is 1. The first-order chi connectivity index (χ1) is 7.59. The lowest BCUT2D eigenvalue weighted by Crippen LogP contribution is -2.06. The number of ketones is 1. The van der Waals surface area contributed by atoms with Crippen molar-refractivity contribution in [1.82, 2.24) is 9.78 Å². The molecule has 0 fully saturated rings. The Morgan fingerprint density at radius 1 is 1.38 bits per heavy atom. The van der Waals surface area contributed by atoms with Crippen molar-refractivity contribution in [2.45, 2.75) is 13.8 Å². The van der Waals surface area contributed by atoms with Crippen LogP contribution in [0.25, 0.3) is 5.69 Å². The van der Waals surface area contributed by atoms with Crippen LogP contribution in [0.1, 0.15) is 23.0 Å². The van der Waals surface area contributed by atoms with E-state index >= 15 is 0 Å². The monoisotopic (exact) mass is 218 g/mol. The van der Waals surface area contributed by atoms with E-state index in [2.05, 4.69) is 5.10 Å². The number of aryl methyl sites for hydroxylation is 1. The Hall–Kier alpha value is -1.97. The van der Waals surface area contributed by atoms with Gasteiger partial charge in [0.1, 0.15) is 11.5 Å². The lowest BCUT2D eigenvalue weighted by Gasteiger charge is -2.07. The van der Waals surface area contributed by atoms with Crippen molar-refractivity contribution in [3.63, 3.8) is 0 Å². The van der Waals surface area contributed by atoms with E-state index in [4.69, 9.17) is 0 Å². The van der Waals surface area contributed by atoms with E-state index in [0.717, 1.165) is 5.69 Å². The lowest BCUT2D eigenvalue weighted by molar-refractivity contribution is 0.101. The van der Waals surface area contributed by atoms with Gasteiger partial charge < -0.3 is 0 Å². The highest BCUT2D eigenvalue weighted by Gasteiger charge is 2.14. The highest BCUT2D eigenvalue weighted by Crippen LogP contribution is 2.18. The number of hydrogen-bond acceptors (Lipinski definition) is 2. The van der Waals surface area contributed by atoms with Gasteiger partial charge in [0.15, 0.2) is 5.78 Å². The molecule has 4 heteroatoms. The van der Waals surface area contributed by atoms with Gasteiger partial charge in [0, 0.05) is 11.8 Å². The first kappa shape index (κ1) is 10.5. The molecule has 0 bridgehead atoms. The molecule has 0 radical (unpaired) electrons. The molecule has 16 heavy (non-hydrogen) atoms. The summed E-state index contributed by atoms with van der Waals surface area (Å²) in [4.78, 5) is 11.4. The van der Waals surface area contributed by atoms with E-state index in [9.17, 15) is 9.18 Å². The molecule has 0 aliphatic carbocycles. The molecule has 0 amide bonds. The number of carbonyl (C=O) groups excluding carboxylic acids is 1. The topological polar surface area (TPSA) is 34.9 Å². The Bertz CT molecular complexity index is 546. The number of nitrogens with zero attached hydrogens (tertiary/aromatic N) is 2. The zero-order valence-electron chi connectivity index (χ0n) is 9.07. The SMILES string of the molecule is CC(=O)c1cccc(F)c1-n1ccc(C)n1. The molecule has 0 aliphatic rings. The van der Waals surface area contributed by atoms with Crippen LogP contribution < -0.4 is 0 Å². The molecular formula is C12H11FN2O. The first-order valence-electron chi connectivity index (χ1n) is 4.91. The van der Waals surface area contributed by atoms with Crippen molar-refractivity contribution >= 4 is 5.78 Å². The molecule has 2 aromatic rings. The maximum Gasteiger partial charge on any atom is 0.162 e. The maximum absolute atomic E-state index is 13.7. The molecule has 0 N–H and O–H groups in total. The van der Waals surface area contributed by atoms with Crippen molar-refractivity contribution in [2.75, 3.05) is 0 Å². The Morgan fingerprint density at radius 3 is 2.69 bits per heavy atom. The first-order valence-corrected chi connectivity index (χ1v) is 4.91. The second-order valence-electron chi connectivity index (χ2n) is 3.59. The molecule has 0 spiro atoms. The predicted octanol–water partition coefficient (Wildman–Crippen LogP) is 2.52. The number of hydrogen-bond donors (Lipinski definition) is 0. The van der Waals surface area contributed by atoms with Crippen LogP contribution in [-0.4, -0.2) is 15.6 Å². The molecule has 0 atom stereocenters. The van der Waals surface area contributed by atoms with E-state index in [1.54, 1.807) is 18.3 Å². The molecule has 0 saturated carbocycles. The third-order valence-corrected chi connectivity index (χ3v) is 2.32. The summed E-state index contributed by atoms with van der Waals surface area (Å²) in [5.41, 5.74) is 1.32. The van der Waals surface area contributed by atoms with Crippen LogP contribution >= 0.6 is 0 Å². The van der Waals surface area contributed by atoms with Gasteiger partial charge in [-0.05, 0) is 32.0 Å². The average molecular weight is 218 g/mol. The van der Waals surface area contributed by atoms with E-state index < -0.39 is 5.82 Å². The Labute approximate surface area is 92.5 Å². The Balaban J connectivity index is 2.67. The Kier molecular flexibility index (Phi) is 2.56. The minimum Gasteiger partial charge on any atom is -0.294 e. The van der Waals surface area contributed by atoms with E-state index in [1.165, 1.54) is 23.7 Å². The molecule has 0 unspecified atom stereocenters. The van der Waals surface area contributed by atoms with Crippen LogP contribution in [-0.2, 0) is 0 Å². The van der Waals surface area contributed by atoms with Gasteiger partial charge in [-0.25, -0.2) is 9.07 Å². The quantitative estimate of drug-likeness (QED) is 0.726. The Morgan fingerprint density at radius 2 is 2.12 bits per heavy atom. The van der Waals surface area contributed by atoms with Crippen molar-refractivity contribution in [3.05, 3.63) is 47.5 Å². The molecule has 1 aromatic heterocycles. The summed E-state index contributed by atoms with van der Waals surface area (Å²) >= 11 is 0. The summed E-state index contributed by atoms with van der Waals surface area (Å²) in [7, 11) is 0. The van der Waals surface area contributed by atoms with Gasteiger partial charge >= 0.3 is 0 Å². The second-order valence-corrected chi connectivity index (χ2v) is 3.59. The van der Waals surface area contributed by atoms with Gasteiger partial charge in [0.25, 0.3) is 0 Å². The molecule has 1 aromatic carbocycles. The maximum atomic E-state index is 13.7. The molecule has 2 rings (SSSR count). The van der Waals surface area contributed by atoms with Crippen molar-refractivity contribution in [3.8, 4) is 5.69 Å². The van der Waals surface area contributed by atoms with Gasteiger partial charge in [0.05, 0.1) is 5.69 Å². The molecule has 3 nitrogen and oxygen atoms in total. The minimum absolute atomic E-state index is 0.178. The zero-order chi connectivity index (χ0) is 11.7. The fourth-order valence-electron chi connectivity index (χ4n) is 1.57. The van der Waals surface area contributed by atoms with E-state index in [0.29, 0.717) is 5.56 Å². The number of halogens is 1. The van der Waals surface area contributed by atoms with Crippen molar-refractivity contribution < 1.29 is 9.18 Å². The lowest BCUT2D eigenvalue weighted by atomic mass is 10.1. The average Bonchev–Trinajstić information content (AvgIpc) is 2.64. The number of aromatic nitrogens is 2.